The minimum atomic E-state index is -0.799. The van der Waals surface area contributed by atoms with Crippen LogP contribution in [0.5, 0.6) is 0 Å². The highest BCUT2D eigenvalue weighted by molar-refractivity contribution is 7.09. The number of thiazole rings is 1. The molecule has 2 unspecified atom stereocenters. The third-order valence-corrected chi connectivity index (χ3v) is 4.00. The highest BCUT2D eigenvalue weighted by Gasteiger charge is 2.25. The second-order valence-corrected chi connectivity index (χ2v) is 5.25. The molecule has 0 amide bonds. The zero-order valence-electron chi connectivity index (χ0n) is 8.77. The van der Waals surface area contributed by atoms with E-state index in [2.05, 4.69) is 11.9 Å². The molecule has 0 aromatic carbocycles. The number of aliphatic carboxylic acids is 1. The van der Waals surface area contributed by atoms with Crippen LogP contribution >= 0.6 is 11.3 Å². The third kappa shape index (κ3) is 2.56. The molecule has 0 spiro atoms. The summed E-state index contributed by atoms with van der Waals surface area (Å²) >= 11 is 1.62. The first-order valence-electron chi connectivity index (χ1n) is 5.31. The molecule has 1 aromatic heterocycles. The molecule has 0 aliphatic heterocycles. The summed E-state index contributed by atoms with van der Waals surface area (Å²) in [6.07, 6.45) is 3.75. The third-order valence-electron chi connectivity index (χ3n) is 2.95. The Labute approximate surface area is 93.2 Å². The molecule has 1 aliphatic carbocycles. The van der Waals surface area contributed by atoms with Gasteiger partial charge in [-0.05, 0) is 18.8 Å². The zero-order chi connectivity index (χ0) is 10.8. The maximum atomic E-state index is 10.5. The van der Waals surface area contributed by atoms with Gasteiger partial charge in [-0.2, -0.15) is 0 Å². The van der Waals surface area contributed by atoms with Gasteiger partial charge in [-0.15, -0.1) is 11.3 Å². The van der Waals surface area contributed by atoms with Crippen molar-refractivity contribution in [1.29, 1.82) is 0 Å². The monoisotopic (exact) mass is 225 g/mol. The van der Waals surface area contributed by atoms with Crippen molar-refractivity contribution < 1.29 is 9.90 Å². The van der Waals surface area contributed by atoms with Gasteiger partial charge in [0, 0.05) is 11.3 Å². The first kappa shape index (κ1) is 10.6. The number of rotatable bonds is 3. The summed E-state index contributed by atoms with van der Waals surface area (Å²) in [7, 11) is 0. The Kier molecular flexibility index (Phi) is 3.05. The van der Waals surface area contributed by atoms with Crippen LogP contribution in [0.2, 0.25) is 0 Å². The van der Waals surface area contributed by atoms with Crippen LogP contribution in [0.1, 0.15) is 42.8 Å². The maximum Gasteiger partial charge on any atom is 0.309 e. The van der Waals surface area contributed by atoms with Gasteiger partial charge in [0.25, 0.3) is 0 Å². The molecule has 1 aliphatic rings. The molecule has 1 saturated carbocycles. The fraction of sp³-hybridized carbons (Fsp3) is 0.636. The van der Waals surface area contributed by atoms with E-state index in [-0.39, 0.29) is 6.42 Å². The fourth-order valence-corrected chi connectivity index (χ4v) is 3.15. The van der Waals surface area contributed by atoms with Crippen LogP contribution in [0.4, 0.5) is 0 Å². The van der Waals surface area contributed by atoms with Crippen molar-refractivity contribution in [2.24, 2.45) is 5.92 Å². The van der Waals surface area contributed by atoms with Crippen LogP contribution < -0.4 is 0 Å². The van der Waals surface area contributed by atoms with Gasteiger partial charge < -0.3 is 5.11 Å². The average molecular weight is 225 g/mol. The minimum Gasteiger partial charge on any atom is -0.481 e. The topological polar surface area (TPSA) is 50.2 Å². The molecule has 1 N–H and O–H groups in total. The molecule has 0 radical (unpaired) electrons. The van der Waals surface area contributed by atoms with Crippen LogP contribution in [0.25, 0.3) is 0 Å². The van der Waals surface area contributed by atoms with E-state index in [9.17, 15) is 4.79 Å². The Balaban J connectivity index is 2.03. The normalized spacial score (nSPS) is 25.7. The summed E-state index contributed by atoms with van der Waals surface area (Å²) in [6.45, 7) is 2.27. The van der Waals surface area contributed by atoms with Crippen molar-refractivity contribution >= 4 is 17.3 Å². The molecule has 1 heterocycles. The summed E-state index contributed by atoms with van der Waals surface area (Å²) in [5.41, 5.74) is 0.710. The number of nitrogens with zero attached hydrogens (tertiary/aromatic N) is 1. The quantitative estimate of drug-likeness (QED) is 0.860. The standard InChI is InChI=1S/C11H15NO2S/c1-7-2-3-8(4-7)11-12-9(6-15-11)5-10(13)14/h6-8H,2-5H2,1H3,(H,13,14). The molecular formula is C11H15NO2S. The largest absolute Gasteiger partial charge is 0.481 e. The Morgan fingerprint density at radius 1 is 1.67 bits per heavy atom. The minimum absolute atomic E-state index is 0.0543. The fourth-order valence-electron chi connectivity index (χ4n) is 2.18. The lowest BCUT2D eigenvalue weighted by Gasteiger charge is -2.03. The number of hydrogen-bond donors (Lipinski definition) is 1. The lowest BCUT2D eigenvalue weighted by atomic mass is 10.1. The van der Waals surface area contributed by atoms with Gasteiger partial charge in [-0.3, -0.25) is 4.79 Å². The molecule has 1 aromatic rings. The van der Waals surface area contributed by atoms with Crippen molar-refractivity contribution in [3.8, 4) is 0 Å². The van der Waals surface area contributed by atoms with E-state index in [0.717, 1.165) is 10.9 Å². The van der Waals surface area contributed by atoms with Crippen LogP contribution in [-0.4, -0.2) is 16.1 Å². The number of aromatic nitrogens is 1. The van der Waals surface area contributed by atoms with Gasteiger partial charge in [-0.1, -0.05) is 13.3 Å². The van der Waals surface area contributed by atoms with E-state index < -0.39 is 5.97 Å². The molecular weight excluding hydrogens is 210 g/mol. The predicted octanol–water partition coefficient (Wildman–Crippen LogP) is 2.67. The zero-order valence-corrected chi connectivity index (χ0v) is 9.59. The first-order chi connectivity index (χ1) is 7.15. The molecule has 3 nitrogen and oxygen atoms in total. The lowest BCUT2D eigenvalue weighted by Crippen LogP contribution is -2.01. The van der Waals surface area contributed by atoms with E-state index >= 15 is 0 Å². The van der Waals surface area contributed by atoms with Gasteiger partial charge in [0.2, 0.25) is 0 Å². The highest BCUT2D eigenvalue weighted by atomic mass is 32.1. The Morgan fingerprint density at radius 3 is 3.07 bits per heavy atom. The summed E-state index contributed by atoms with van der Waals surface area (Å²) in [4.78, 5) is 14.9. The van der Waals surface area contributed by atoms with E-state index in [1.807, 2.05) is 5.38 Å². The van der Waals surface area contributed by atoms with Gasteiger partial charge in [-0.25, -0.2) is 4.98 Å². The molecule has 0 bridgehead atoms. The number of carboxylic acids is 1. The summed E-state index contributed by atoms with van der Waals surface area (Å²) in [5.74, 6) is 0.570. The van der Waals surface area contributed by atoms with E-state index in [0.29, 0.717) is 11.6 Å². The van der Waals surface area contributed by atoms with Crippen molar-refractivity contribution in [3.63, 3.8) is 0 Å². The predicted molar refractivity (Wildman–Crippen MR) is 59.2 cm³/mol. The van der Waals surface area contributed by atoms with Crippen molar-refractivity contribution in [1.82, 2.24) is 4.98 Å². The van der Waals surface area contributed by atoms with E-state index in [1.165, 1.54) is 19.3 Å². The van der Waals surface area contributed by atoms with Gasteiger partial charge in [0.1, 0.15) is 0 Å². The Morgan fingerprint density at radius 2 is 2.47 bits per heavy atom. The second kappa shape index (κ2) is 4.31. The molecule has 2 atom stereocenters. The van der Waals surface area contributed by atoms with Crippen molar-refractivity contribution in [2.45, 2.75) is 38.5 Å². The summed E-state index contributed by atoms with van der Waals surface area (Å²) in [6, 6.07) is 0. The van der Waals surface area contributed by atoms with Crippen LogP contribution in [0, 0.1) is 5.92 Å². The number of carboxylic acid groups (broad SMARTS) is 1. The van der Waals surface area contributed by atoms with E-state index in [4.69, 9.17) is 5.11 Å². The van der Waals surface area contributed by atoms with Crippen LogP contribution in [0.3, 0.4) is 0 Å². The van der Waals surface area contributed by atoms with Crippen molar-refractivity contribution in [3.05, 3.63) is 16.1 Å². The Bertz CT molecular complexity index is 361. The van der Waals surface area contributed by atoms with Crippen LogP contribution in [-0.2, 0) is 11.2 Å². The van der Waals surface area contributed by atoms with Crippen LogP contribution in [0.15, 0.2) is 5.38 Å². The highest BCUT2D eigenvalue weighted by Crippen LogP contribution is 2.38. The summed E-state index contributed by atoms with van der Waals surface area (Å²) in [5, 5.41) is 11.7. The SMILES string of the molecule is CC1CCC(c2nc(CC(=O)O)cs2)C1. The average Bonchev–Trinajstić information content (AvgIpc) is 2.72. The molecule has 4 heteroatoms. The lowest BCUT2D eigenvalue weighted by molar-refractivity contribution is -0.136. The molecule has 0 saturated heterocycles. The van der Waals surface area contributed by atoms with E-state index in [1.54, 1.807) is 11.3 Å². The van der Waals surface area contributed by atoms with Gasteiger partial charge >= 0.3 is 5.97 Å². The molecule has 1 fully saturated rings. The second-order valence-electron chi connectivity index (χ2n) is 4.36. The first-order valence-corrected chi connectivity index (χ1v) is 6.19. The molecule has 2 rings (SSSR count). The summed E-state index contributed by atoms with van der Waals surface area (Å²) < 4.78 is 0. The molecule has 82 valence electrons. The van der Waals surface area contributed by atoms with Crippen molar-refractivity contribution in [2.75, 3.05) is 0 Å². The smallest absolute Gasteiger partial charge is 0.309 e. The Hall–Kier alpha value is -0.900. The maximum absolute atomic E-state index is 10.5. The molecule has 15 heavy (non-hydrogen) atoms. The van der Waals surface area contributed by atoms with Gasteiger partial charge in [0.15, 0.2) is 0 Å². The van der Waals surface area contributed by atoms with Gasteiger partial charge in [0.05, 0.1) is 17.1 Å². The number of hydrogen-bond acceptors (Lipinski definition) is 3. The number of carbonyl (C=O) groups is 1.